The predicted molar refractivity (Wildman–Crippen MR) is 131 cm³/mol. The van der Waals surface area contributed by atoms with E-state index in [1.54, 1.807) is 6.07 Å². The number of nitrogens with two attached hydrogens (primary N) is 1. The van der Waals surface area contributed by atoms with Gasteiger partial charge in [-0.25, -0.2) is 9.37 Å². The van der Waals surface area contributed by atoms with Crippen LogP contribution in [0.5, 0.6) is 17.2 Å². The molecule has 0 unspecified atom stereocenters. The van der Waals surface area contributed by atoms with Crippen LogP contribution in [0.3, 0.4) is 0 Å². The topological polar surface area (TPSA) is 116 Å². The molecule has 1 saturated carbocycles. The van der Waals surface area contributed by atoms with Gasteiger partial charge in [0.05, 0.1) is 18.9 Å². The second-order valence-electron chi connectivity index (χ2n) is 9.45. The molecule has 1 aliphatic heterocycles. The minimum absolute atomic E-state index is 0.0413. The lowest BCUT2D eigenvalue weighted by atomic mass is 9.90. The zero-order valence-electron chi connectivity index (χ0n) is 20.7. The van der Waals surface area contributed by atoms with E-state index in [2.05, 4.69) is 10.3 Å². The number of carbonyl (C=O) groups is 1. The highest BCUT2D eigenvalue weighted by Gasteiger charge is 2.59. The molecule has 1 aromatic heterocycles. The number of benzene rings is 2. The number of methoxy groups -OCH3 is 1. The Bertz CT molecular complexity index is 1400. The Labute approximate surface area is 220 Å². The van der Waals surface area contributed by atoms with Crippen LogP contribution in [-0.2, 0) is 5.54 Å². The summed E-state index contributed by atoms with van der Waals surface area (Å²) in [6, 6.07) is 10.5. The Kier molecular flexibility index (Phi) is 6.85. The molecule has 1 fully saturated rings. The maximum absolute atomic E-state index is 13.9. The highest BCUT2D eigenvalue weighted by Crippen LogP contribution is 2.49. The number of hydrogen-bond donors (Lipinski definition) is 3. The predicted octanol–water partition coefficient (Wildman–Crippen LogP) is 4.01. The zero-order chi connectivity index (χ0) is 27.9. The fraction of sp³-hybridized carbons (Fsp3) is 0.333. The Balaban J connectivity index is 1.40. The molecule has 8 nitrogen and oxygen atoms in total. The van der Waals surface area contributed by atoms with Crippen molar-refractivity contribution in [2.45, 2.75) is 36.8 Å². The minimum atomic E-state index is -4.87. The van der Waals surface area contributed by atoms with Gasteiger partial charge in [0.1, 0.15) is 24.2 Å². The van der Waals surface area contributed by atoms with Gasteiger partial charge in [0, 0.05) is 23.2 Å². The maximum atomic E-state index is 13.9. The van der Waals surface area contributed by atoms with Crippen LogP contribution in [0.2, 0.25) is 0 Å². The molecule has 2 aromatic carbocycles. The molecule has 39 heavy (non-hydrogen) atoms. The van der Waals surface area contributed by atoms with Crippen molar-refractivity contribution in [3.63, 3.8) is 0 Å². The number of hydrogen-bond acceptors (Lipinski definition) is 7. The van der Waals surface area contributed by atoms with Crippen molar-refractivity contribution in [3.8, 4) is 28.5 Å². The van der Waals surface area contributed by atoms with Crippen molar-refractivity contribution >= 4 is 5.91 Å². The summed E-state index contributed by atoms with van der Waals surface area (Å²) >= 11 is 0. The Morgan fingerprint density at radius 2 is 1.92 bits per heavy atom. The SMILES string of the molecule is COc1cc(C(=O)NC[C@H](O)c2cc3c(c(-c4ccc(F)cc4)n2)OC[C@@]3(N)C(F)(F)F)ccc1OC1CC1. The lowest BCUT2D eigenvalue weighted by Gasteiger charge is -2.26. The third-order valence-electron chi connectivity index (χ3n) is 6.58. The number of rotatable bonds is 8. The summed E-state index contributed by atoms with van der Waals surface area (Å²) < 4.78 is 71.7. The van der Waals surface area contributed by atoms with E-state index < -0.39 is 41.7 Å². The monoisotopic (exact) mass is 547 g/mol. The van der Waals surface area contributed by atoms with Gasteiger partial charge in [-0.3, -0.25) is 4.79 Å². The van der Waals surface area contributed by atoms with Gasteiger partial charge in [-0.15, -0.1) is 0 Å². The first-order valence-corrected chi connectivity index (χ1v) is 12.1. The number of ether oxygens (including phenoxy) is 3. The van der Waals surface area contributed by atoms with Gasteiger partial charge in [0.25, 0.3) is 5.91 Å². The van der Waals surface area contributed by atoms with Crippen LogP contribution >= 0.6 is 0 Å². The zero-order valence-corrected chi connectivity index (χ0v) is 20.7. The maximum Gasteiger partial charge on any atom is 0.414 e. The van der Waals surface area contributed by atoms with Gasteiger partial charge in [0.2, 0.25) is 0 Å². The van der Waals surface area contributed by atoms with Gasteiger partial charge < -0.3 is 30.4 Å². The molecule has 0 radical (unpaired) electrons. The van der Waals surface area contributed by atoms with E-state index in [1.165, 1.54) is 31.4 Å². The van der Waals surface area contributed by atoms with E-state index in [4.69, 9.17) is 19.9 Å². The van der Waals surface area contributed by atoms with Crippen molar-refractivity contribution < 1.29 is 41.7 Å². The lowest BCUT2D eigenvalue weighted by Crippen LogP contribution is -2.51. The number of aliphatic hydroxyl groups excluding tert-OH is 1. The second kappa shape index (κ2) is 10.0. The molecule has 12 heteroatoms. The number of alkyl halides is 3. The lowest BCUT2D eigenvalue weighted by molar-refractivity contribution is -0.191. The number of aromatic nitrogens is 1. The number of aliphatic hydroxyl groups is 1. The first-order chi connectivity index (χ1) is 18.5. The van der Waals surface area contributed by atoms with Gasteiger partial charge >= 0.3 is 6.18 Å². The van der Waals surface area contributed by atoms with Crippen molar-refractivity contribution in [1.29, 1.82) is 0 Å². The van der Waals surface area contributed by atoms with E-state index >= 15 is 0 Å². The molecule has 3 aromatic rings. The molecule has 1 amide bonds. The number of nitrogens with zero attached hydrogens (tertiary/aromatic N) is 1. The van der Waals surface area contributed by atoms with Gasteiger partial charge in [0.15, 0.2) is 22.8 Å². The average Bonchev–Trinajstić information content (AvgIpc) is 3.66. The quantitative estimate of drug-likeness (QED) is 0.365. The molecule has 0 spiro atoms. The van der Waals surface area contributed by atoms with Gasteiger partial charge in [-0.2, -0.15) is 13.2 Å². The summed E-state index contributed by atoms with van der Waals surface area (Å²) in [6.07, 6.45) is -4.35. The summed E-state index contributed by atoms with van der Waals surface area (Å²) in [4.78, 5) is 17.1. The first kappa shape index (κ1) is 26.7. The fourth-order valence-electron chi connectivity index (χ4n) is 4.17. The Hall–Kier alpha value is -3.90. The number of halogens is 4. The number of nitrogens with one attached hydrogen (secondary N) is 1. The van der Waals surface area contributed by atoms with E-state index in [9.17, 15) is 27.5 Å². The van der Waals surface area contributed by atoms with Crippen LogP contribution < -0.4 is 25.3 Å². The van der Waals surface area contributed by atoms with Crippen molar-refractivity contribution in [1.82, 2.24) is 10.3 Å². The molecule has 0 saturated heterocycles. The summed E-state index contributed by atoms with van der Waals surface area (Å²) in [5.74, 6) is -0.448. The Morgan fingerprint density at radius 1 is 1.21 bits per heavy atom. The largest absolute Gasteiger partial charge is 0.493 e. The molecule has 1 aliphatic carbocycles. The highest BCUT2D eigenvalue weighted by molar-refractivity contribution is 5.94. The molecular formula is C27H25F4N3O5. The summed E-state index contributed by atoms with van der Waals surface area (Å²) in [7, 11) is 1.45. The van der Waals surface area contributed by atoms with Crippen molar-refractivity contribution in [3.05, 3.63) is 71.2 Å². The summed E-state index contributed by atoms with van der Waals surface area (Å²) in [5, 5.41) is 13.4. The average molecular weight is 548 g/mol. The van der Waals surface area contributed by atoms with Crippen LogP contribution in [-0.4, -0.2) is 48.5 Å². The smallest absolute Gasteiger partial charge is 0.414 e. The van der Waals surface area contributed by atoms with Crippen LogP contribution in [0.4, 0.5) is 17.6 Å². The van der Waals surface area contributed by atoms with Crippen LogP contribution in [0.1, 0.15) is 40.6 Å². The highest BCUT2D eigenvalue weighted by atomic mass is 19.4. The number of carbonyl (C=O) groups excluding carboxylic acids is 1. The van der Waals surface area contributed by atoms with E-state index in [0.717, 1.165) is 31.0 Å². The molecular weight excluding hydrogens is 522 g/mol. The third-order valence-corrected chi connectivity index (χ3v) is 6.58. The van der Waals surface area contributed by atoms with Gasteiger partial charge in [-0.05, 0) is 61.4 Å². The molecule has 2 heterocycles. The molecule has 5 rings (SSSR count). The molecule has 4 N–H and O–H groups in total. The number of fused-ring (bicyclic) bond motifs is 1. The Morgan fingerprint density at radius 3 is 2.56 bits per heavy atom. The van der Waals surface area contributed by atoms with E-state index in [1.807, 2.05) is 0 Å². The normalized spacial score (nSPS) is 19.2. The fourth-order valence-corrected chi connectivity index (χ4v) is 4.17. The first-order valence-electron chi connectivity index (χ1n) is 12.1. The molecule has 0 bridgehead atoms. The molecule has 2 atom stereocenters. The minimum Gasteiger partial charge on any atom is -0.493 e. The van der Waals surface area contributed by atoms with Crippen LogP contribution in [0.25, 0.3) is 11.3 Å². The van der Waals surface area contributed by atoms with E-state index in [0.29, 0.717) is 11.5 Å². The van der Waals surface area contributed by atoms with Crippen molar-refractivity contribution in [2.24, 2.45) is 5.73 Å². The van der Waals surface area contributed by atoms with Crippen molar-refractivity contribution in [2.75, 3.05) is 20.3 Å². The van der Waals surface area contributed by atoms with E-state index in [-0.39, 0.29) is 40.9 Å². The van der Waals surface area contributed by atoms with Crippen LogP contribution in [0.15, 0.2) is 48.5 Å². The third kappa shape index (κ3) is 5.21. The summed E-state index contributed by atoms with van der Waals surface area (Å²) in [6.45, 7) is -1.26. The second-order valence-corrected chi connectivity index (χ2v) is 9.45. The number of amides is 1. The summed E-state index contributed by atoms with van der Waals surface area (Å²) in [5.41, 5.74) is 2.75. The van der Waals surface area contributed by atoms with Crippen LogP contribution in [0, 0.1) is 5.82 Å². The number of pyridine rings is 1. The molecule has 206 valence electrons. The van der Waals surface area contributed by atoms with Gasteiger partial charge in [-0.1, -0.05) is 0 Å². The molecule has 2 aliphatic rings. The standard InChI is InChI=1S/C27H25F4N3O5/c1-37-22-10-15(4-9-21(22)39-17-7-8-17)25(36)33-12-20(35)19-11-18-24(38-13-26(18,32)27(29,30)31)23(34-19)14-2-5-16(28)6-3-14/h2-6,9-11,17,20,35H,7-8,12-13,32H2,1H3,(H,33,36)/t20-,26-/m0/s1.